The number of nitrogens with zero attached hydrogens (tertiary/aromatic N) is 1. The minimum Gasteiger partial charge on any atom is -0.379 e. The van der Waals surface area contributed by atoms with E-state index in [1.165, 1.54) is 12.8 Å². The van der Waals surface area contributed by atoms with E-state index in [0.717, 1.165) is 31.1 Å². The second-order valence-electron chi connectivity index (χ2n) is 6.21. The maximum Gasteiger partial charge on any atom is 0.220 e. The van der Waals surface area contributed by atoms with E-state index < -0.39 is 0 Å². The van der Waals surface area contributed by atoms with Crippen molar-refractivity contribution in [3.63, 3.8) is 0 Å². The predicted molar refractivity (Wildman–Crippen MR) is 82.4 cm³/mol. The molecule has 2 heterocycles. The molecule has 1 aromatic rings. The second-order valence-corrected chi connectivity index (χ2v) is 6.21. The molecule has 1 N–H and O–H groups in total. The molecular formula is C17H24N2O3. The first-order valence-corrected chi connectivity index (χ1v) is 8.19. The van der Waals surface area contributed by atoms with Gasteiger partial charge in [-0.25, -0.2) is 0 Å². The van der Waals surface area contributed by atoms with Gasteiger partial charge in [0.2, 0.25) is 5.91 Å². The highest BCUT2D eigenvalue weighted by Gasteiger charge is 2.30. The summed E-state index contributed by atoms with van der Waals surface area (Å²) < 4.78 is 11.5. The number of nitrogens with one attached hydrogen (secondary N) is 1. The molecule has 0 spiro atoms. The zero-order valence-electron chi connectivity index (χ0n) is 12.9. The molecule has 120 valence electrons. The monoisotopic (exact) mass is 304 g/mol. The maximum absolute atomic E-state index is 12.1. The van der Waals surface area contributed by atoms with Crippen LogP contribution in [0.4, 0.5) is 0 Å². The zero-order chi connectivity index (χ0) is 15.2. The first-order valence-electron chi connectivity index (χ1n) is 8.19. The Labute approximate surface area is 131 Å². The Hall–Kier alpha value is -1.46. The molecule has 1 aliphatic heterocycles. The van der Waals surface area contributed by atoms with Gasteiger partial charge in [-0.2, -0.15) is 0 Å². The Morgan fingerprint density at radius 1 is 1.41 bits per heavy atom. The number of carbonyl (C=O) groups is 1. The molecule has 5 nitrogen and oxygen atoms in total. The first kappa shape index (κ1) is 15.4. The lowest BCUT2D eigenvalue weighted by atomic mass is 10.1. The fourth-order valence-electron chi connectivity index (χ4n) is 2.68. The van der Waals surface area contributed by atoms with E-state index in [-0.39, 0.29) is 18.1 Å². The highest BCUT2D eigenvalue weighted by atomic mass is 16.5. The van der Waals surface area contributed by atoms with Crippen molar-refractivity contribution < 1.29 is 14.3 Å². The third-order valence-electron chi connectivity index (χ3n) is 4.25. The molecule has 1 saturated carbocycles. The van der Waals surface area contributed by atoms with Gasteiger partial charge >= 0.3 is 0 Å². The lowest BCUT2D eigenvalue weighted by Crippen LogP contribution is -2.50. The van der Waals surface area contributed by atoms with Gasteiger partial charge in [0.25, 0.3) is 0 Å². The van der Waals surface area contributed by atoms with Crippen LogP contribution in [0.1, 0.15) is 31.2 Å². The molecule has 2 fully saturated rings. The van der Waals surface area contributed by atoms with Gasteiger partial charge in [0.15, 0.2) is 0 Å². The van der Waals surface area contributed by atoms with Crippen LogP contribution in [0.2, 0.25) is 0 Å². The predicted octanol–water partition coefficient (Wildman–Crippen LogP) is 1.71. The summed E-state index contributed by atoms with van der Waals surface area (Å²) in [5.74, 6) is 0.796. The normalized spacial score (nSPS) is 24.9. The van der Waals surface area contributed by atoms with E-state index in [9.17, 15) is 4.79 Å². The van der Waals surface area contributed by atoms with Crippen molar-refractivity contribution in [2.24, 2.45) is 5.92 Å². The quantitative estimate of drug-likeness (QED) is 0.833. The van der Waals surface area contributed by atoms with Gasteiger partial charge in [-0.15, -0.1) is 0 Å². The average Bonchev–Trinajstić information content (AvgIpc) is 3.37. The van der Waals surface area contributed by atoms with E-state index >= 15 is 0 Å². The molecule has 1 amide bonds. The Bertz CT molecular complexity index is 476. The topological polar surface area (TPSA) is 60.5 Å². The van der Waals surface area contributed by atoms with Gasteiger partial charge in [-0.3, -0.25) is 9.78 Å². The largest absolute Gasteiger partial charge is 0.379 e. The van der Waals surface area contributed by atoms with E-state index in [1.54, 1.807) is 12.4 Å². The summed E-state index contributed by atoms with van der Waals surface area (Å²) in [6.07, 6.45) is 8.25. The molecular weight excluding hydrogens is 280 g/mol. The van der Waals surface area contributed by atoms with Gasteiger partial charge in [0.1, 0.15) is 0 Å². The summed E-state index contributed by atoms with van der Waals surface area (Å²) in [7, 11) is 0. The fraction of sp³-hybridized carbons (Fsp3) is 0.647. The highest BCUT2D eigenvalue weighted by molar-refractivity contribution is 5.76. The first-order chi connectivity index (χ1) is 10.8. The highest BCUT2D eigenvalue weighted by Crippen LogP contribution is 2.30. The van der Waals surface area contributed by atoms with Crippen LogP contribution in [-0.2, 0) is 20.7 Å². The van der Waals surface area contributed by atoms with Crippen LogP contribution in [0.5, 0.6) is 0 Å². The Morgan fingerprint density at radius 2 is 2.32 bits per heavy atom. The average molecular weight is 304 g/mol. The number of carbonyl (C=O) groups excluding carboxylic acids is 1. The lowest BCUT2D eigenvalue weighted by Gasteiger charge is -2.32. The molecule has 1 saturated heterocycles. The summed E-state index contributed by atoms with van der Waals surface area (Å²) in [6.45, 7) is 2.10. The third-order valence-corrected chi connectivity index (χ3v) is 4.25. The number of ether oxygens (including phenoxy) is 2. The number of hydrogen-bond acceptors (Lipinski definition) is 4. The Morgan fingerprint density at radius 3 is 3.09 bits per heavy atom. The number of amides is 1. The minimum atomic E-state index is -0.0195. The molecule has 2 atom stereocenters. The fourth-order valence-corrected chi connectivity index (χ4v) is 2.68. The minimum absolute atomic E-state index is 0.0195. The van der Waals surface area contributed by atoms with Gasteiger partial charge in [-0.05, 0) is 43.2 Å². The number of hydrogen-bond donors (Lipinski definition) is 1. The standard InChI is InChI=1S/C17H24N2O3/c20-17(6-5-13-2-1-8-18-10-13)19-15-12-21-9-7-16(15)22-11-14-3-4-14/h1-2,8,10,14-16H,3-7,9,11-12H2,(H,19,20)/t15-,16+/m1/s1. The van der Waals surface area contributed by atoms with Crippen molar-refractivity contribution in [2.75, 3.05) is 19.8 Å². The van der Waals surface area contributed by atoms with Gasteiger partial charge < -0.3 is 14.8 Å². The molecule has 0 unspecified atom stereocenters. The molecule has 0 aromatic carbocycles. The summed E-state index contributed by atoms with van der Waals surface area (Å²) >= 11 is 0. The maximum atomic E-state index is 12.1. The van der Waals surface area contributed by atoms with Crippen LogP contribution in [-0.4, -0.2) is 42.9 Å². The van der Waals surface area contributed by atoms with Crippen molar-refractivity contribution in [3.8, 4) is 0 Å². The molecule has 22 heavy (non-hydrogen) atoms. The van der Waals surface area contributed by atoms with E-state index in [4.69, 9.17) is 9.47 Å². The number of rotatable bonds is 7. The van der Waals surface area contributed by atoms with E-state index in [1.807, 2.05) is 12.1 Å². The molecule has 1 aromatic heterocycles. The SMILES string of the molecule is O=C(CCc1cccnc1)N[C@@H]1COCC[C@@H]1OCC1CC1. The van der Waals surface area contributed by atoms with Crippen LogP contribution in [0.3, 0.4) is 0 Å². The van der Waals surface area contributed by atoms with E-state index in [2.05, 4.69) is 10.3 Å². The van der Waals surface area contributed by atoms with Crippen molar-refractivity contribution in [1.29, 1.82) is 0 Å². The van der Waals surface area contributed by atoms with Gasteiger partial charge in [-0.1, -0.05) is 6.07 Å². The van der Waals surface area contributed by atoms with Crippen LogP contribution in [0.15, 0.2) is 24.5 Å². The summed E-state index contributed by atoms with van der Waals surface area (Å²) in [6, 6.07) is 3.86. The van der Waals surface area contributed by atoms with Gasteiger partial charge in [0, 0.05) is 32.0 Å². The van der Waals surface area contributed by atoms with Crippen molar-refractivity contribution in [1.82, 2.24) is 10.3 Å². The molecule has 0 bridgehead atoms. The Balaban J connectivity index is 1.43. The summed E-state index contributed by atoms with van der Waals surface area (Å²) in [5.41, 5.74) is 1.08. The zero-order valence-corrected chi connectivity index (χ0v) is 12.9. The lowest BCUT2D eigenvalue weighted by molar-refractivity contribution is -0.126. The van der Waals surface area contributed by atoms with Crippen molar-refractivity contribution in [3.05, 3.63) is 30.1 Å². The Kier molecular flexibility index (Phi) is 5.40. The van der Waals surface area contributed by atoms with Crippen molar-refractivity contribution in [2.45, 2.75) is 44.2 Å². The second kappa shape index (κ2) is 7.70. The molecule has 0 radical (unpaired) electrons. The van der Waals surface area contributed by atoms with Crippen LogP contribution in [0, 0.1) is 5.92 Å². The molecule has 3 rings (SSSR count). The van der Waals surface area contributed by atoms with Crippen LogP contribution >= 0.6 is 0 Å². The van der Waals surface area contributed by atoms with Crippen molar-refractivity contribution >= 4 is 5.91 Å². The number of aromatic nitrogens is 1. The summed E-state index contributed by atoms with van der Waals surface area (Å²) in [5, 5.41) is 3.07. The van der Waals surface area contributed by atoms with Crippen LogP contribution in [0.25, 0.3) is 0 Å². The molecule has 1 aliphatic carbocycles. The number of pyridine rings is 1. The third kappa shape index (κ3) is 4.78. The summed E-state index contributed by atoms with van der Waals surface area (Å²) in [4.78, 5) is 16.2. The van der Waals surface area contributed by atoms with Gasteiger partial charge in [0.05, 0.1) is 18.8 Å². The smallest absolute Gasteiger partial charge is 0.220 e. The van der Waals surface area contributed by atoms with Crippen LogP contribution < -0.4 is 5.32 Å². The molecule has 2 aliphatic rings. The number of aryl methyl sites for hydroxylation is 1. The molecule has 5 heteroatoms. The van der Waals surface area contributed by atoms with E-state index in [0.29, 0.717) is 19.4 Å².